The van der Waals surface area contributed by atoms with E-state index in [1.54, 1.807) is 0 Å². The molecule has 126 valence electrons. The third kappa shape index (κ3) is 4.35. The molecule has 5 nitrogen and oxygen atoms in total. The number of Topliss-reactive ketones (excluding diaryl/α,β-unsaturated/α-hetero) is 3. The Kier molecular flexibility index (Phi) is 5.39. The molecule has 5 heteroatoms. The molecule has 2 aromatic rings. The lowest BCUT2D eigenvalue weighted by molar-refractivity contribution is 0.0591. The van der Waals surface area contributed by atoms with E-state index >= 15 is 0 Å². The van der Waals surface area contributed by atoms with Gasteiger partial charge < -0.3 is 4.74 Å². The summed E-state index contributed by atoms with van der Waals surface area (Å²) in [7, 11) is 0. The van der Waals surface area contributed by atoms with Crippen LogP contribution in [0.3, 0.4) is 0 Å². The highest BCUT2D eigenvalue weighted by Gasteiger charge is 2.17. The molecule has 2 aromatic carbocycles. The van der Waals surface area contributed by atoms with Gasteiger partial charge in [-0.1, -0.05) is 43.0 Å². The summed E-state index contributed by atoms with van der Waals surface area (Å²) in [4.78, 5) is 46.7. The van der Waals surface area contributed by atoms with Crippen LogP contribution in [0, 0.1) is 0 Å². The summed E-state index contributed by atoms with van der Waals surface area (Å²) in [5, 5.41) is 0. The van der Waals surface area contributed by atoms with Crippen molar-refractivity contribution >= 4 is 23.3 Å². The van der Waals surface area contributed by atoms with Crippen LogP contribution in [0.2, 0.25) is 0 Å². The van der Waals surface area contributed by atoms with Crippen LogP contribution in [0.5, 0.6) is 0 Å². The normalized spacial score (nSPS) is 10.0. The largest absolute Gasteiger partial charge is 0.419 e. The van der Waals surface area contributed by atoms with Gasteiger partial charge in [0, 0.05) is 16.7 Å². The molecule has 25 heavy (non-hydrogen) atoms. The summed E-state index contributed by atoms with van der Waals surface area (Å²) < 4.78 is 5.00. The van der Waals surface area contributed by atoms with Crippen LogP contribution >= 0.6 is 0 Å². The molecule has 0 heterocycles. The van der Waals surface area contributed by atoms with E-state index in [0.717, 1.165) is 0 Å². The predicted molar refractivity (Wildman–Crippen MR) is 91.8 cm³/mol. The number of hydrogen-bond acceptors (Lipinski definition) is 5. The van der Waals surface area contributed by atoms with Gasteiger partial charge in [0.05, 0.1) is 5.56 Å². The molecule has 0 spiro atoms. The van der Waals surface area contributed by atoms with Crippen LogP contribution in [0.4, 0.5) is 0 Å². The second-order valence-electron chi connectivity index (χ2n) is 5.41. The first kappa shape index (κ1) is 18.0. The zero-order chi connectivity index (χ0) is 18.6. The number of ether oxygens (including phenoxy) is 1. The first-order valence-electron chi connectivity index (χ1n) is 7.47. The van der Waals surface area contributed by atoms with Crippen molar-refractivity contribution in [3.8, 4) is 0 Å². The van der Waals surface area contributed by atoms with Crippen molar-refractivity contribution in [2.24, 2.45) is 0 Å². The van der Waals surface area contributed by atoms with E-state index in [1.165, 1.54) is 62.4 Å². The van der Waals surface area contributed by atoms with E-state index in [1.807, 2.05) is 0 Å². The molecule has 0 saturated carbocycles. The van der Waals surface area contributed by atoms with Gasteiger partial charge in [0.25, 0.3) is 0 Å². The van der Waals surface area contributed by atoms with Crippen LogP contribution in [-0.4, -0.2) is 23.3 Å². The van der Waals surface area contributed by atoms with Crippen molar-refractivity contribution in [1.82, 2.24) is 0 Å². The number of benzene rings is 2. The van der Waals surface area contributed by atoms with Crippen LogP contribution in [0.1, 0.15) is 55.3 Å². The van der Waals surface area contributed by atoms with Crippen molar-refractivity contribution < 1.29 is 23.9 Å². The van der Waals surface area contributed by atoms with Gasteiger partial charge in [0.1, 0.15) is 0 Å². The molecule has 0 N–H and O–H groups in total. The maximum atomic E-state index is 12.2. The molecule has 0 saturated heterocycles. The molecular weight excluding hydrogens is 320 g/mol. The van der Waals surface area contributed by atoms with E-state index in [2.05, 4.69) is 6.58 Å². The Morgan fingerprint density at radius 3 is 1.44 bits per heavy atom. The van der Waals surface area contributed by atoms with E-state index < -0.39 is 11.8 Å². The molecule has 0 bridgehead atoms. The Morgan fingerprint density at radius 1 is 0.680 bits per heavy atom. The minimum absolute atomic E-state index is 0.113. The fourth-order valence-electron chi connectivity index (χ4n) is 2.08. The summed E-state index contributed by atoms with van der Waals surface area (Å²) in [6, 6.07) is 11.9. The minimum Gasteiger partial charge on any atom is -0.419 e. The van der Waals surface area contributed by atoms with E-state index in [4.69, 9.17) is 4.74 Å². The SMILES string of the molecule is C=C(OC(=O)c1ccc(C(C)=O)cc1)C(=O)c1ccc(C(C)=O)cc1. The Labute approximate surface area is 144 Å². The smallest absolute Gasteiger partial charge is 0.343 e. The fraction of sp³-hybridized carbons (Fsp3) is 0.100. The monoisotopic (exact) mass is 336 g/mol. The number of carbonyl (C=O) groups is 4. The Morgan fingerprint density at radius 2 is 1.04 bits per heavy atom. The number of esters is 1. The van der Waals surface area contributed by atoms with Gasteiger partial charge >= 0.3 is 5.97 Å². The van der Waals surface area contributed by atoms with Crippen molar-refractivity contribution in [3.05, 3.63) is 83.1 Å². The lowest BCUT2D eigenvalue weighted by Crippen LogP contribution is -2.12. The third-order valence-corrected chi connectivity index (χ3v) is 3.55. The quantitative estimate of drug-likeness (QED) is 0.348. The highest BCUT2D eigenvalue weighted by atomic mass is 16.5. The topological polar surface area (TPSA) is 77.5 Å². The summed E-state index contributed by atoms with van der Waals surface area (Å²) >= 11 is 0. The average Bonchev–Trinajstić information content (AvgIpc) is 2.61. The van der Waals surface area contributed by atoms with Gasteiger partial charge in [-0.05, 0) is 26.0 Å². The van der Waals surface area contributed by atoms with Crippen molar-refractivity contribution in [2.75, 3.05) is 0 Å². The second kappa shape index (κ2) is 7.49. The van der Waals surface area contributed by atoms with Crippen molar-refractivity contribution in [3.63, 3.8) is 0 Å². The summed E-state index contributed by atoms with van der Waals surface area (Å²) in [5.41, 5.74) is 1.40. The average molecular weight is 336 g/mol. The predicted octanol–water partition coefficient (Wildman–Crippen LogP) is 3.65. The lowest BCUT2D eigenvalue weighted by atomic mass is 10.1. The Balaban J connectivity index is 2.07. The maximum absolute atomic E-state index is 12.2. The van der Waals surface area contributed by atoms with Crippen LogP contribution in [0.25, 0.3) is 0 Å². The summed E-state index contributed by atoms with van der Waals surface area (Å²) in [6.07, 6.45) is 0. The first-order chi connectivity index (χ1) is 11.8. The Bertz CT molecular complexity index is 858. The molecule has 0 aliphatic heterocycles. The van der Waals surface area contributed by atoms with Gasteiger partial charge in [-0.3, -0.25) is 14.4 Å². The third-order valence-electron chi connectivity index (χ3n) is 3.55. The van der Waals surface area contributed by atoms with E-state index in [-0.39, 0.29) is 28.5 Å². The Hall–Kier alpha value is -3.34. The fourth-order valence-corrected chi connectivity index (χ4v) is 2.08. The van der Waals surface area contributed by atoms with Crippen LogP contribution in [-0.2, 0) is 4.74 Å². The molecule has 2 rings (SSSR count). The molecular formula is C20H16O5. The minimum atomic E-state index is -0.742. The molecule has 0 radical (unpaired) electrons. The molecule has 0 aliphatic carbocycles. The first-order valence-corrected chi connectivity index (χ1v) is 7.47. The molecule has 0 amide bonds. The number of hydrogen-bond donors (Lipinski definition) is 0. The zero-order valence-electron chi connectivity index (χ0n) is 13.9. The molecule has 0 aromatic heterocycles. The highest BCUT2D eigenvalue weighted by Crippen LogP contribution is 2.13. The summed E-state index contributed by atoms with van der Waals surface area (Å²) in [5.74, 6) is -1.85. The van der Waals surface area contributed by atoms with Gasteiger partial charge in [-0.15, -0.1) is 0 Å². The van der Waals surface area contributed by atoms with E-state index in [0.29, 0.717) is 11.1 Å². The van der Waals surface area contributed by atoms with Gasteiger partial charge in [-0.25, -0.2) is 4.79 Å². The summed E-state index contributed by atoms with van der Waals surface area (Å²) in [6.45, 7) is 6.33. The van der Waals surface area contributed by atoms with Crippen molar-refractivity contribution in [1.29, 1.82) is 0 Å². The molecule has 0 atom stereocenters. The highest BCUT2D eigenvalue weighted by molar-refractivity contribution is 6.09. The number of rotatable bonds is 6. The van der Waals surface area contributed by atoms with Gasteiger partial charge in [-0.2, -0.15) is 0 Å². The van der Waals surface area contributed by atoms with E-state index in [9.17, 15) is 19.2 Å². The molecule has 0 aliphatic rings. The molecule has 0 unspecified atom stereocenters. The molecule has 0 fully saturated rings. The van der Waals surface area contributed by atoms with Gasteiger partial charge in [0.15, 0.2) is 17.3 Å². The number of carbonyl (C=O) groups excluding carboxylic acids is 4. The van der Waals surface area contributed by atoms with Crippen LogP contribution in [0.15, 0.2) is 60.9 Å². The zero-order valence-corrected chi connectivity index (χ0v) is 13.9. The van der Waals surface area contributed by atoms with Crippen molar-refractivity contribution in [2.45, 2.75) is 13.8 Å². The standard InChI is InChI=1S/C20H16O5/c1-12(21)15-4-8-17(9-5-15)19(23)14(3)25-20(24)18-10-6-16(7-11-18)13(2)22/h4-11H,3H2,1-2H3. The number of allylic oxidation sites excluding steroid dienone is 1. The maximum Gasteiger partial charge on any atom is 0.343 e. The van der Waals surface area contributed by atoms with Crippen LogP contribution < -0.4 is 0 Å². The lowest BCUT2D eigenvalue weighted by Gasteiger charge is -2.07. The second-order valence-corrected chi connectivity index (χ2v) is 5.41. The number of ketones is 3. The van der Waals surface area contributed by atoms with Gasteiger partial charge in [0.2, 0.25) is 5.78 Å².